The fourth-order valence-corrected chi connectivity index (χ4v) is 1.73. The second-order valence-electron chi connectivity index (χ2n) is 3.51. The summed E-state index contributed by atoms with van der Waals surface area (Å²) in [5.41, 5.74) is -0.952. The van der Waals surface area contributed by atoms with Crippen LogP contribution in [0.15, 0.2) is 36.4 Å². The first-order chi connectivity index (χ1) is 7.91. The van der Waals surface area contributed by atoms with Crippen LogP contribution in [0.3, 0.4) is 0 Å². The molecule has 2 rings (SSSR count). The maximum Gasteiger partial charge on any atom is 0.417 e. The summed E-state index contributed by atoms with van der Waals surface area (Å²) in [6, 6.07) is 7.37. The molecule has 17 heavy (non-hydrogen) atoms. The third-order valence-corrected chi connectivity index (χ3v) is 2.46. The lowest BCUT2D eigenvalue weighted by Crippen LogP contribution is -2.07. The number of carbonyl (C=O) groups is 1. The molecule has 2 aromatic rings. The summed E-state index contributed by atoms with van der Waals surface area (Å²) in [6.45, 7) is 0. The van der Waals surface area contributed by atoms with Gasteiger partial charge in [0.1, 0.15) is 0 Å². The highest BCUT2D eigenvalue weighted by Gasteiger charge is 2.33. The Hall–Kier alpha value is -2.04. The van der Waals surface area contributed by atoms with Crippen LogP contribution < -0.4 is 0 Å². The number of carboxylic acid groups (broad SMARTS) is 1. The van der Waals surface area contributed by atoms with Gasteiger partial charge in [-0.25, -0.2) is 4.79 Å². The fourth-order valence-electron chi connectivity index (χ4n) is 1.73. The maximum atomic E-state index is 12.7. The highest BCUT2D eigenvalue weighted by Crippen LogP contribution is 2.35. The van der Waals surface area contributed by atoms with E-state index in [9.17, 15) is 18.0 Å². The van der Waals surface area contributed by atoms with Crippen molar-refractivity contribution in [3.8, 4) is 0 Å². The first-order valence-electron chi connectivity index (χ1n) is 4.73. The lowest BCUT2D eigenvalue weighted by atomic mass is 9.99. The molecule has 0 aliphatic heterocycles. The van der Waals surface area contributed by atoms with Crippen molar-refractivity contribution in [2.24, 2.45) is 0 Å². The van der Waals surface area contributed by atoms with E-state index in [4.69, 9.17) is 5.11 Å². The quantitative estimate of drug-likeness (QED) is 0.827. The van der Waals surface area contributed by atoms with Crippen molar-refractivity contribution in [1.82, 2.24) is 0 Å². The van der Waals surface area contributed by atoms with Crippen LogP contribution in [0, 0.1) is 0 Å². The zero-order valence-electron chi connectivity index (χ0n) is 8.45. The van der Waals surface area contributed by atoms with E-state index < -0.39 is 17.7 Å². The van der Waals surface area contributed by atoms with E-state index in [0.717, 1.165) is 12.1 Å². The Morgan fingerprint density at radius 2 is 1.59 bits per heavy atom. The van der Waals surface area contributed by atoms with E-state index >= 15 is 0 Å². The minimum Gasteiger partial charge on any atom is -0.478 e. The average molecular weight is 240 g/mol. The number of fused-ring (bicyclic) bond motifs is 1. The number of hydrogen-bond acceptors (Lipinski definition) is 1. The van der Waals surface area contributed by atoms with Gasteiger partial charge in [-0.15, -0.1) is 0 Å². The van der Waals surface area contributed by atoms with Gasteiger partial charge in [-0.3, -0.25) is 0 Å². The van der Waals surface area contributed by atoms with Crippen LogP contribution in [-0.2, 0) is 6.18 Å². The maximum absolute atomic E-state index is 12.7. The zero-order chi connectivity index (χ0) is 12.6. The average Bonchev–Trinajstić information content (AvgIpc) is 2.26. The summed E-state index contributed by atoms with van der Waals surface area (Å²) < 4.78 is 38.1. The van der Waals surface area contributed by atoms with Gasteiger partial charge in [-0.2, -0.15) is 13.2 Å². The van der Waals surface area contributed by atoms with Crippen LogP contribution in [0.25, 0.3) is 10.8 Å². The van der Waals surface area contributed by atoms with Crippen molar-refractivity contribution in [2.45, 2.75) is 6.18 Å². The van der Waals surface area contributed by atoms with Crippen LogP contribution in [-0.4, -0.2) is 11.1 Å². The zero-order valence-corrected chi connectivity index (χ0v) is 8.45. The van der Waals surface area contributed by atoms with Crippen LogP contribution in [0.4, 0.5) is 13.2 Å². The number of halogens is 3. The van der Waals surface area contributed by atoms with Crippen molar-refractivity contribution in [1.29, 1.82) is 0 Å². The van der Waals surface area contributed by atoms with Crippen LogP contribution in [0.5, 0.6) is 0 Å². The fraction of sp³-hybridized carbons (Fsp3) is 0.0833. The lowest BCUT2D eigenvalue weighted by Gasteiger charge is -2.11. The highest BCUT2D eigenvalue weighted by molar-refractivity contribution is 6.04. The van der Waals surface area contributed by atoms with Crippen molar-refractivity contribution in [3.05, 3.63) is 47.5 Å². The predicted molar refractivity (Wildman–Crippen MR) is 55.9 cm³/mol. The molecule has 0 saturated heterocycles. The van der Waals surface area contributed by atoms with Gasteiger partial charge in [0.2, 0.25) is 0 Å². The van der Waals surface area contributed by atoms with Crippen LogP contribution >= 0.6 is 0 Å². The Kier molecular flexibility index (Phi) is 2.53. The second-order valence-corrected chi connectivity index (χ2v) is 3.51. The molecule has 0 heterocycles. The van der Waals surface area contributed by atoms with Gasteiger partial charge in [-0.05, 0) is 22.9 Å². The highest BCUT2D eigenvalue weighted by atomic mass is 19.4. The van der Waals surface area contributed by atoms with Crippen molar-refractivity contribution < 1.29 is 23.1 Å². The Morgan fingerprint density at radius 3 is 2.12 bits per heavy atom. The van der Waals surface area contributed by atoms with E-state index in [1.54, 1.807) is 0 Å². The van der Waals surface area contributed by atoms with E-state index in [1.807, 2.05) is 0 Å². The Balaban J connectivity index is 2.85. The summed E-state index contributed by atoms with van der Waals surface area (Å²) in [6.07, 6.45) is -4.49. The van der Waals surface area contributed by atoms with Crippen LogP contribution in [0.1, 0.15) is 15.9 Å². The number of alkyl halides is 3. The first kappa shape index (κ1) is 11.4. The van der Waals surface area contributed by atoms with Gasteiger partial charge in [0.25, 0.3) is 0 Å². The van der Waals surface area contributed by atoms with Gasteiger partial charge in [0.05, 0.1) is 11.1 Å². The second kappa shape index (κ2) is 3.76. The lowest BCUT2D eigenvalue weighted by molar-refractivity contribution is -0.136. The molecule has 0 atom stereocenters. The van der Waals surface area contributed by atoms with Gasteiger partial charge >= 0.3 is 12.1 Å². The topological polar surface area (TPSA) is 37.3 Å². The van der Waals surface area contributed by atoms with Crippen molar-refractivity contribution in [2.75, 3.05) is 0 Å². The minimum atomic E-state index is -4.49. The molecule has 1 N–H and O–H groups in total. The van der Waals surface area contributed by atoms with Crippen LogP contribution in [0.2, 0.25) is 0 Å². The normalized spacial score (nSPS) is 11.7. The van der Waals surface area contributed by atoms with Crippen molar-refractivity contribution in [3.63, 3.8) is 0 Å². The largest absolute Gasteiger partial charge is 0.478 e. The molecule has 0 aliphatic carbocycles. The molecule has 88 valence electrons. The van der Waals surface area contributed by atoms with Crippen molar-refractivity contribution >= 4 is 16.7 Å². The summed E-state index contributed by atoms with van der Waals surface area (Å²) in [5.74, 6) is -1.24. The van der Waals surface area contributed by atoms with Gasteiger partial charge in [0.15, 0.2) is 0 Å². The molecule has 0 fully saturated rings. The van der Waals surface area contributed by atoms with E-state index in [1.165, 1.54) is 24.3 Å². The molecule has 0 spiro atoms. The monoisotopic (exact) mass is 240 g/mol. The Bertz CT molecular complexity index is 588. The summed E-state index contributed by atoms with van der Waals surface area (Å²) in [5, 5.41) is 8.89. The number of hydrogen-bond donors (Lipinski definition) is 1. The van der Waals surface area contributed by atoms with Gasteiger partial charge in [0, 0.05) is 0 Å². The first-order valence-corrected chi connectivity index (χ1v) is 4.73. The SMILES string of the molecule is O=C(O)c1ccc(C(F)(F)F)c2ccccc12. The minimum absolute atomic E-state index is 0.0924. The number of aromatic carboxylic acids is 1. The number of carboxylic acids is 1. The molecule has 0 unspecified atom stereocenters. The molecule has 5 heteroatoms. The van der Waals surface area contributed by atoms with E-state index in [-0.39, 0.29) is 16.3 Å². The third kappa shape index (κ3) is 1.95. The summed E-state index contributed by atoms with van der Waals surface area (Å²) in [7, 11) is 0. The molecule has 0 radical (unpaired) electrons. The smallest absolute Gasteiger partial charge is 0.417 e. The molecular formula is C12H7F3O2. The molecule has 0 amide bonds. The number of rotatable bonds is 1. The Morgan fingerprint density at radius 1 is 1.00 bits per heavy atom. The van der Waals surface area contributed by atoms with Gasteiger partial charge < -0.3 is 5.11 Å². The molecular weight excluding hydrogens is 233 g/mol. The molecule has 0 aliphatic rings. The summed E-state index contributed by atoms with van der Waals surface area (Å²) in [4.78, 5) is 10.9. The standard InChI is InChI=1S/C12H7F3O2/c13-12(14,15)10-6-5-9(11(16)17)7-3-1-2-4-8(7)10/h1-6H,(H,16,17). The molecule has 0 saturated carbocycles. The molecule has 0 aromatic heterocycles. The van der Waals surface area contributed by atoms with Gasteiger partial charge in [-0.1, -0.05) is 24.3 Å². The third-order valence-electron chi connectivity index (χ3n) is 2.46. The molecule has 2 nitrogen and oxygen atoms in total. The molecule has 0 bridgehead atoms. The molecule has 2 aromatic carbocycles. The predicted octanol–water partition coefficient (Wildman–Crippen LogP) is 3.56. The Labute approximate surface area is 94.3 Å². The number of benzene rings is 2. The summed E-state index contributed by atoms with van der Waals surface area (Å²) >= 11 is 0. The van der Waals surface area contributed by atoms with E-state index in [0.29, 0.717) is 0 Å². The van der Waals surface area contributed by atoms with E-state index in [2.05, 4.69) is 0 Å².